The highest BCUT2D eigenvalue weighted by Gasteiger charge is 2.31. The predicted octanol–water partition coefficient (Wildman–Crippen LogP) is 4.12. The second-order valence-corrected chi connectivity index (χ2v) is 9.29. The topological polar surface area (TPSA) is 36.5 Å². The van der Waals surface area contributed by atoms with Crippen LogP contribution in [0.25, 0.3) is 5.70 Å². The van der Waals surface area contributed by atoms with Crippen LogP contribution < -0.4 is 15.4 Å². The van der Waals surface area contributed by atoms with Crippen LogP contribution in [0.3, 0.4) is 0 Å². The van der Waals surface area contributed by atoms with Gasteiger partial charge in [-0.1, -0.05) is 37.2 Å². The molecule has 0 spiro atoms. The second-order valence-electron chi connectivity index (χ2n) is 7.68. The first-order chi connectivity index (χ1) is 12.3. The molecule has 2 N–H and O–H groups in total. The molecule has 3 rings (SSSR count). The molecule has 0 saturated carbocycles. The molecule has 0 bridgehead atoms. The minimum absolute atomic E-state index is 0.0711. The molecule has 1 aromatic rings. The van der Waals surface area contributed by atoms with Crippen molar-refractivity contribution in [2.75, 3.05) is 33.8 Å². The van der Waals surface area contributed by atoms with Crippen LogP contribution in [0.2, 0.25) is 5.02 Å². The summed E-state index contributed by atoms with van der Waals surface area (Å²) in [6.45, 7) is 7.68. The summed E-state index contributed by atoms with van der Waals surface area (Å²) < 4.78 is 19.4. The molecule has 1 atom stereocenters. The summed E-state index contributed by atoms with van der Waals surface area (Å²) in [6.07, 6.45) is 2.48. The molecular weight excluding hydrogens is 373 g/mol. The monoisotopic (exact) mass is 399 g/mol. The van der Waals surface area contributed by atoms with Gasteiger partial charge < -0.3 is 10.1 Å². The number of thioether (sulfide) groups is 1. The molecule has 1 unspecified atom stereocenters. The van der Waals surface area contributed by atoms with Gasteiger partial charge in [-0.25, -0.2) is 4.39 Å². The Kier molecular flexibility index (Phi) is 6.07. The molecule has 0 amide bonds. The van der Waals surface area contributed by atoms with E-state index in [0.29, 0.717) is 5.41 Å². The van der Waals surface area contributed by atoms with Crippen molar-refractivity contribution in [1.29, 1.82) is 0 Å². The minimum atomic E-state index is -0.444. The lowest BCUT2D eigenvalue weighted by Crippen LogP contribution is -2.40. The van der Waals surface area contributed by atoms with Gasteiger partial charge in [0.1, 0.15) is 5.50 Å². The number of hydrogen-bond acceptors (Lipinski definition) is 5. The van der Waals surface area contributed by atoms with Gasteiger partial charge in [0.25, 0.3) is 0 Å². The molecule has 1 fully saturated rings. The van der Waals surface area contributed by atoms with E-state index in [1.165, 1.54) is 30.9 Å². The number of piperidine rings is 1. The first kappa shape index (κ1) is 19.8. The number of methoxy groups -OCH3 is 1. The molecule has 2 aliphatic heterocycles. The number of halogens is 2. The Bertz CT molecular complexity index is 687. The molecule has 2 heterocycles. The summed E-state index contributed by atoms with van der Waals surface area (Å²) in [4.78, 5) is 3.70. The summed E-state index contributed by atoms with van der Waals surface area (Å²) in [5, 5.41) is 6.97. The molecule has 1 aromatic carbocycles. The summed E-state index contributed by atoms with van der Waals surface area (Å²) in [5.41, 5.74) is 2.11. The van der Waals surface area contributed by atoms with E-state index in [4.69, 9.17) is 16.3 Å². The molecule has 2 aliphatic rings. The molecule has 26 heavy (non-hydrogen) atoms. The van der Waals surface area contributed by atoms with Crippen molar-refractivity contribution in [2.45, 2.75) is 32.2 Å². The van der Waals surface area contributed by atoms with Crippen LogP contribution in [0.1, 0.15) is 32.3 Å². The normalized spacial score (nSPS) is 23.2. The molecule has 1 saturated heterocycles. The van der Waals surface area contributed by atoms with Gasteiger partial charge in [0, 0.05) is 23.6 Å². The number of ether oxygens (including phenoxy) is 1. The Labute approximate surface area is 164 Å². The first-order valence-corrected chi connectivity index (χ1v) is 10.2. The summed E-state index contributed by atoms with van der Waals surface area (Å²) >= 11 is 7.96. The Morgan fingerprint density at radius 1 is 1.46 bits per heavy atom. The van der Waals surface area contributed by atoms with Gasteiger partial charge in [-0.3, -0.25) is 10.2 Å². The summed E-state index contributed by atoms with van der Waals surface area (Å²) in [6, 6.07) is 3.26. The number of benzene rings is 1. The van der Waals surface area contributed by atoms with Crippen molar-refractivity contribution in [3.63, 3.8) is 0 Å². The summed E-state index contributed by atoms with van der Waals surface area (Å²) in [7, 11) is 3.34. The lowest BCUT2D eigenvalue weighted by Gasteiger charge is -2.38. The van der Waals surface area contributed by atoms with Crippen LogP contribution >= 0.6 is 23.4 Å². The van der Waals surface area contributed by atoms with Crippen LogP contribution in [0, 0.1) is 11.2 Å². The lowest BCUT2D eigenvalue weighted by atomic mass is 9.84. The number of hydrogen-bond donors (Lipinski definition) is 2. The molecule has 7 heteroatoms. The van der Waals surface area contributed by atoms with Gasteiger partial charge in [-0.2, -0.15) is 0 Å². The standard InChI is InChI=1S/C19H27ClFN3OS/c1-19(2)6-5-7-24(11-19)10-15-16(23-18(22-3)26-15)12-8-13(20)17(25-4)14(21)9-12/h8-9,18,22-23H,5-7,10-11H2,1-4H3. The number of nitrogens with one attached hydrogen (secondary N) is 2. The second kappa shape index (κ2) is 7.97. The van der Waals surface area contributed by atoms with Crippen molar-refractivity contribution in [2.24, 2.45) is 5.41 Å². The average molecular weight is 400 g/mol. The number of likely N-dealkylation sites (tertiary alicyclic amines) is 1. The molecule has 4 nitrogen and oxygen atoms in total. The van der Waals surface area contributed by atoms with Gasteiger partial charge >= 0.3 is 0 Å². The van der Waals surface area contributed by atoms with E-state index in [9.17, 15) is 4.39 Å². The maximum atomic E-state index is 14.3. The smallest absolute Gasteiger partial charge is 0.173 e. The van der Waals surface area contributed by atoms with E-state index in [-0.39, 0.29) is 16.3 Å². The molecule has 144 valence electrons. The highest BCUT2D eigenvalue weighted by atomic mass is 35.5. The van der Waals surface area contributed by atoms with E-state index < -0.39 is 5.82 Å². The zero-order valence-electron chi connectivity index (χ0n) is 15.8. The zero-order valence-corrected chi connectivity index (χ0v) is 17.4. The lowest BCUT2D eigenvalue weighted by molar-refractivity contribution is 0.129. The van der Waals surface area contributed by atoms with Gasteiger partial charge in [-0.15, -0.1) is 0 Å². The van der Waals surface area contributed by atoms with E-state index in [1.54, 1.807) is 17.8 Å². The third kappa shape index (κ3) is 4.30. The minimum Gasteiger partial charge on any atom is -0.492 e. The van der Waals surface area contributed by atoms with Gasteiger partial charge in [0.15, 0.2) is 11.6 Å². The Morgan fingerprint density at radius 2 is 2.23 bits per heavy atom. The number of nitrogens with zero attached hydrogens (tertiary/aromatic N) is 1. The molecule has 0 aromatic heterocycles. The quantitative estimate of drug-likeness (QED) is 0.779. The predicted molar refractivity (Wildman–Crippen MR) is 108 cm³/mol. The van der Waals surface area contributed by atoms with Crippen molar-refractivity contribution in [3.05, 3.63) is 33.4 Å². The summed E-state index contributed by atoms with van der Waals surface area (Å²) in [5.74, 6) is -0.355. The van der Waals surface area contributed by atoms with Crippen LogP contribution in [0.5, 0.6) is 5.75 Å². The van der Waals surface area contributed by atoms with Crippen molar-refractivity contribution in [3.8, 4) is 5.75 Å². The highest BCUT2D eigenvalue weighted by Crippen LogP contribution is 2.39. The van der Waals surface area contributed by atoms with Gasteiger partial charge in [0.05, 0.1) is 17.8 Å². The van der Waals surface area contributed by atoms with Crippen LogP contribution in [-0.2, 0) is 0 Å². The van der Waals surface area contributed by atoms with Crippen molar-refractivity contribution in [1.82, 2.24) is 15.5 Å². The van der Waals surface area contributed by atoms with Crippen LogP contribution in [0.4, 0.5) is 4.39 Å². The van der Waals surface area contributed by atoms with Gasteiger partial charge in [-0.05, 0) is 44.0 Å². The third-order valence-corrected chi connectivity index (χ3v) is 6.40. The fourth-order valence-corrected chi connectivity index (χ4v) is 5.13. The largest absolute Gasteiger partial charge is 0.492 e. The maximum absolute atomic E-state index is 14.3. The van der Waals surface area contributed by atoms with E-state index >= 15 is 0 Å². The van der Waals surface area contributed by atoms with E-state index in [0.717, 1.165) is 30.9 Å². The zero-order chi connectivity index (χ0) is 18.9. The van der Waals surface area contributed by atoms with Crippen molar-refractivity contribution < 1.29 is 9.13 Å². The fourth-order valence-electron chi connectivity index (χ4n) is 3.72. The van der Waals surface area contributed by atoms with Crippen LogP contribution in [0.15, 0.2) is 17.0 Å². The van der Waals surface area contributed by atoms with Crippen molar-refractivity contribution >= 4 is 29.1 Å². The fraction of sp³-hybridized carbons (Fsp3) is 0.579. The SMILES string of the molecule is CNC1NC(c2cc(F)c(OC)c(Cl)c2)=C(CN2CCCC(C)(C)C2)S1. The average Bonchev–Trinajstić information content (AvgIpc) is 2.96. The molecule has 0 aliphatic carbocycles. The Hall–Kier alpha value is -0.950. The molecular formula is C19H27ClFN3OS. The first-order valence-electron chi connectivity index (χ1n) is 8.92. The Balaban J connectivity index is 1.89. The van der Waals surface area contributed by atoms with Crippen LogP contribution in [-0.4, -0.2) is 44.2 Å². The van der Waals surface area contributed by atoms with Gasteiger partial charge in [0.2, 0.25) is 0 Å². The maximum Gasteiger partial charge on any atom is 0.173 e. The van der Waals surface area contributed by atoms with E-state index in [1.807, 2.05) is 7.05 Å². The number of rotatable bonds is 5. The molecule has 0 radical (unpaired) electrons. The highest BCUT2D eigenvalue weighted by molar-refractivity contribution is 8.04. The third-order valence-electron chi connectivity index (χ3n) is 4.91. The van der Waals surface area contributed by atoms with E-state index in [2.05, 4.69) is 29.4 Å². The Morgan fingerprint density at radius 3 is 2.85 bits per heavy atom.